The van der Waals surface area contributed by atoms with E-state index >= 15 is 0 Å². The molecule has 0 spiro atoms. The molecule has 1 aromatic carbocycles. The number of fused-ring (bicyclic) bond motifs is 1. The molecule has 6 aliphatic rings. The first-order valence-electron chi connectivity index (χ1n) is 34.8. The molecule has 39 nitrogen and oxygen atoms in total. The number of aliphatic hydroxyl groups excluding tert-OH is 3. The Balaban J connectivity index is 0.000000232. The fourth-order valence-corrected chi connectivity index (χ4v) is 22.4. The second-order valence-corrected chi connectivity index (χ2v) is 40.0. The lowest BCUT2D eigenvalue weighted by Gasteiger charge is -2.34. The second-order valence-electron chi connectivity index (χ2n) is 27.0. The molecule has 3 aromatic rings. The average Bonchev–Trinajstić information content (AvgIpc) is 1.51. The van der Waals surface area contributed by atoms with Crippen LogP contribution >= 0.6 is 54.3 Å². The van der Waals surface area contributed by atoms with E-state index in [1.807, 2.05) is 30.3 Å². The van der Waals surface area contributed by atoms with Crippen LogP contribution in [0.25, 0.3) is 11.2 Å². The summed E-state index contributed by atoms with van der Waals surface area (Å²) in [7, 11) is 2.62. The van der Waals surface area contributed by atoms with E-state index in [4.69, 9.17) is 51.5 Å². The first-order chi connectivity index (χ1) is 51.9. The maximum Gasteiger partial charge on any atom is 0.327 e. The normalized spacial score (nSPS) is 29.7. The molecule has 2 aromatic heterocycles. The quantitative estimate of drug-likeness (QED) is 0.0187. The number of nitrogens with zero attached hydrogens (tertiary/aromatic N) is 6. The van der Waals surface area contributed by atoms with E-state index in [0.717, 1.165) is 63.6 Å². The summed E-state index contributed by atoms with van der Waals surface area (Å²) in [6.45, 7) is 5.93. The molecule has 111 heavy (non-hydrogen) atoms. The zero-order valence-corrected chi connectivity index (χ0v) is 68.4. The molecule has 8 unspecified atom stereocenters. The van der Waals surface area contributed by atoms with E-state index in [1.54, 1.807) is 48.5 Å². The number of aryl methyl sites for hydroxylation is 1. The molecule has 0 radical (unpaired) electrons. The predicted octanol–water partition coefficient (Wildman–Crippen LogP) is 3.26. The summed E-state index contributed by atoms with van der Waals surface area (Å²) in [6.07, 6.45) is -7.95. The molecule has 618 valence electrons. The number of ketones is 2. The Morgan fingerprint density at radius 1 is 0.712 bits per heavy atom. The van der Waals surface area contributed by atoms with Gasteiger partial charge in [0.2, 0.25) is 17.7 Å². The Labute approximate surface area is 651 Å². The summed E-state index contributed by atoms with van der Waals surface area (Å²) >= 11 is 2.29. The van der Waals surface area contributed by atoms with Gasteiger partial charge in [0.15, 0.2) is 41.4 Å². The number of carbonyl (C=O) groups is 9. The summed E-state index contributed by atoms with van der Waals surface area (Å²) in [4.78, 5) is 123. The van der Waals surface area contributed by atoms with Gasteiger partial charge in [0.25, 0.3) is 0 Å². The van der Waals surface area contributed by atoms with E-state index in [9.17, 15) is 87.5 Å². The molecule has 0 aliphatic carbocycles. The Morgan fingerprint density at radius 2 is 1.20 bits per heavy atom. The maximum absolute atomic E-state index is 13.6. The minimum absolute atomic E-state index is 0.0323. The average molecular weight is 1680 g/mol. The van der Waals surface area contributed by atoms with Gasteiger partial charge < -0.3 is 86.8 Å². The molecule has 6 aliphatic heterocycles. The van der Waals surface area contributed by atoms with Crippen molar-refractivity contribution in [3.05, 3.63) is 72.6 Å². The summed E-state index contributed by atoms with van der Waals surface area (Å²) < 4.78 is 106. The van der Waals surface area contributed by atoms with E-state index < -0.39 is 208 Å². The largest absolute Gasteiger partial charge is 0.479 e. The standard InChI is InChI=1S/C24H30N5O8PS.C22H35N2O11PS.C20H31N2O11PS/c1-13(15-8-6-5-7-9-15)36-22(31)16-11-39-38(33,28-16)35-10-17-19(30)24(3,32)23(37-17)29-12-25-18-20(29)26-14(2)27-21(18)34-4;1-6-32-18(27)8-10-37-36(31,23-14(4)20(29)34-13(2)3)33-12-16-19(28)22(5,30)21(35-16)24-9-7-15(25)11-17(24)26;1-11(2)32-18(27)12(3)21-34(29,35-10-16(25)30-5)31-9-14-17(26)20(4,28)19(33-14)22-7-6-13(23)8-15(22)24/h5-9,12-13,16-17,19,23,30,32H,10-11H2,1-4H3,(H,28,33);7,9,13-14,16,19,21,28,30H,6,8,10-12H2,1-5H3,(H,23,31);6-7,11-12,14,17,19,26,28H,8-10H2,1-5H3,(H,21,29)/t13?,16?,17-,19-,23?,24-,38?;14?,16-,19-,21-,22-,36?;12?,14-,17-,19-,20-,34?/m111/s1. The van der Waals surface area contributed by atoms with Crippen LogP contribution in [0, 0.1) is 6.92 Å². The highest BCUT2D eigenvalue weighted by Crippen LogP contribution is 2.62. The third kappa shape index (κ3) is 24.0. The van der Waals surface area contributed by atoms with Crippen molar-refractivity contribution in [1.29, 1.82) is 0 Å². The molecule has 9 N–H and O–H groups in total. The van der Waals surface area contributed by atoms with Crippen molar-refractivity contribution in [3.63, 3.8) is 0 Å². The highest BCUT2D eigenvalue weighted by atomic mass is 32.7. The summed E-state index contributed by atoms with van der Waals surface area (Å²) in [5.74, 6) is -4.64. The van der Waals surface area contributed by atoms with Gasteiger partial charge in [-0.05, 0) is 112 Å². The summed E-state index contributed by atoms with van der Waals surface area (Å²) in [5.41, 5.74) is -4.11. The van der Waals surface area contributed by atoms with Crippen molar-refractivity contribution in [1.82, 2.24) is 44.6 Å². The van der Waals surface area contributed by atoms with E-state index in [-0.39, 0.29) is 42.8 Å². The number of esters is 5. The van der Waals surface area contributed by atoms with Gasteiger partial charge in [-0.2, -0.15) is 4.98 Å². The Kier molecular flexibility index (Phi) is 32.7. The maximum atomic E-state index is 13.6. The smallest absolute Gasteiger partial charge is 0.327 e. The van der Waals surface area contributed by atoms with Gasteiger partial charge in [-0.25, -0.2) is 25.2 Å². The number of ether oxygens (including phenoxy) is 9. The van der Waals surface area contributed by atoms with Gasteiger partial charge in [-0.1, -0.05) is 53.1 Å². The number of aromatic nitrogens is 4. The van der Waals surface area contributed by atoms with Crippen LogP contribution in [-0.4, -0.2) is 267 Å². The molecule has 4 saturated heterocycles. The number of benzene rings is 1. The highest BCUT2D eigenvalue weighted by molar-refractivity contribution is 8.57. The second kappa shape index (κ2) is 39.4. The number of rotatable bonds is 32. The highest BCUT2D eigenvalue weighted by Gasteiger charge is 2.59. The number of hydrogen-bond donors (Lipinski definition) is 9. The van der Waals surface area contributed by atoms with Crippen molar-refractivity contribution < 1.29 is 144 Å². The minimum Gasteiger partial charge on any atom is -0.479 e. The number of methoxy groups -OCH3 is 2. The van der Waals surface area contributed by atoms with Gasteiger partial charge in [0, 0.05) is 23.9 Å². The Hall–Kier alpha value is -6.18. The van der Waals surface area contributed by atoms with Crippen molar-refractivity contribution in [2.45, 2.75) is 211 Å². The van der Waals surface area contributed by atoms with Gasteiger partial charge >= 0.3 is 50.0 Å². The third-order valence-corrected chi connectivity index (χ3v) is 29.2. The topological polar surface area (TPSA) is 523 Å². The number of nitrogens with one attached hydrogen (secondary N) is 3. The lowest BCUT2D eigenvalue weighted by atomic mass is 9.95. The summed E-state index contributed by atoms with van der Waals surface area (Å²) in [6, 6.07) is 6.35. The lowest BCUT2D eigenvalue weighted by molar-refractivity contribution is -0.158. The van der Waals surface area contributed by atoms with Crippen LogP contribution in [0.5, 0.6) is 5.88 Å². The number of allylic oxidation sites excluding steroid dienone is 2. The molecule has 2 amide bonds. The van der Waals surface area contributed by atoms with Crippen LogP contribution in [0.4, 0.5) is 0 Å². The molecular formula is C66H96N9O30P3S3. The Morgan fingerprint density at radius 3 is 1.68 bits per heavy atom. The number of carbonyl (C=O) groups excluding carboxylic acids is 9. The number of aliphatic hydroxyl groups is 6. The van der Waals surface area contributed by atoms with E-state index in [0.29, 0.717) is 28.4 Å². The first-order valence-corrected chi connectivity index (χ1v) is 44.4. The van der Waals surface area contributed by atoms with Crippen LogP contribution in [-0.2, 0) is 108 Å². The van der Waals surface area contributed by atoms with Crippen LogP contribution in [0.2, 0.25) is 0 Å². The zero-order chi connectivity index (χ0) is 82.5. The Bertz CT molecular complexity index is 4050. The molecule has 45 heteroatoms. The number of imidazole rings is 1. The number of hydrogen-bond acceptors (Lipinski definition) is 36. The first kappa shape index (κ1) is 92.0. The summed E-state index contributed by atoms with van der Waals surface area (Å²) in [5, 5.41) is 72.9. The van der Waals surface area contributed by atoms with Crippen molar-refractivity contribution in [3.8, 4) is 5.88 Å². The molecule has 4 fully saturated rings. The monoisotopic (exact) mass is 1680 g/mol. The van der Waals surface area contributed by atoms with Gasteiger partial charge in [0.05, 0.1) is 78.4 Å². The van der Waals surface area contributed by atoms with Crippen molar-refractivity contribution in [2.24, 2.45) is 0 Å². The molecule has 19 atom stereocenters. The third-order valence-electron chi connectivity index (χ3n) is 17.2. The minimum atomic E-state index is -3.98. The molecule has 0 saturated carbocycles. The van der Waals surface area contributed by atoms with Crippen molar-refractivity contribution in [2.75, 3.05) is 57.9 Å². The lowest BCUT2D eigenvalue weighted by Crippen LogP contribution is -2.54. The van der Waals surface area contributed by atoms with E-state index in [1.165, 1.54) is 58.8 Å². The van der Waals surface area contributed by atoms with Crippen LogP contribution < -0.4 is 20.0 Å². The molecular weight excluding hydrogens is 1590 g/mol. The molecule has 9 rings (SSSR count). The van der Waals surface area contributed by atoms with Crippen LogP contribution in [0.3, 0.4) is 0 Å². The fourth-order valence-electron chi connectivity index (χ4n) is 11.3. The molecule has 0 bridgehead atoms. The SMILES string of the molecule is CCOC(=O)CCSP(=O)(NC(C)C(=O)OC(C)C)OC[C@H]1O[C@@H](N2C=CC(=O)CC2=O)[C@](C)(O)[C@@H]1O.COC(=O)CSP(=O)(NC(C)C(=O)OC(C)C)OC[C@H]1O[C@@H](N2C=CC(=O)CC2=O)[C@](C)(O)[C@@H]1O.COc1nc(C)nc2c1ncn2C1O[C@H](COP2(=O)NC(C(=O)OC(C)c3ccccc3)CS2)[C@@H](O)[C@@]1(C)O. The van der Waals surface area contributed by atoms with Crippen LogP contribution in [0.15, 0.2) is 61.2 Å². The van der Waals surface area contributed by atoms with E-state index in [2.05, 4.69) is 35.0 Å². The van der Waals surface area contributed by atoms with Crippen LogP contribution in [0.1, 0.15) is 119 Å². The fraction of sp³-hybridized carbons (Fsp3) is 0.636. The number of amides is 2. The molecule has 8 heterocycles. The van der Waals surface area contributed by atoms with Gasteiger partial charge in [-0.3, -0.25) is 71.2 Å². The predicted molar refractivity (Wildman–Crippen MR) is 396 cm³/mol. The zero-order valence-electron chi connectivity index (χ0n) is 63.2. The van der Waals surface area contributed by atoms with Crippen molar-refractivity contribution >= 4 is 119 Å². The van der Waals surface area contributed by atoms with Gasteiger partial charge in [0.1, 0.15) is 89.2 Å². The van der Waals surface area contributed by atoms with Gasteiger partial charge in [-0.15, -0.1) is 0 Å².